The number of benzene rings is 1. The maximum atomic E-state index is 14.5. The zero-order chi connectivity index (χ0) is 18.0. The average Bonchev–Trinajstić information content (AvgIpc) is 2.58. The lowest BCUT2D eigenvalue weighted by atomic mass is 9.92. The van der Waals surface area contributed by atoms with E-state index in [0.717, 1.165) is 11.8 Å². The molecule has 0 bridgehead atoms. The number of carbonyl (C=O) groups is 1. The first kappa shape index (κ1) is 17.5. The summed E-state index contributed by atoms with van der Waals surface area (Å²) < 4.78 is 27.8. The van der Waals surface area contributed by atoms with E-state index >= 15 is 0 Å². The Balaban J connectivity index is 1.97. The molecule has 2 heterocycles. The molecule has 132 valence electrons. The van der Waals surface area contributed by atoms with Crippen molar-refractivity contribution in [2.24, 2.45) is 5.92 Å². The molecule has 0 saturated carbocycles. The molecule has 1 aliphatic rings. The number of carboxylic acid groups (broad SMARTS) is 1. The summed E-state index contributed by atoms with van der Waals surface area (Å²) in [5, 5.41) is 9.18. The molecule has 1 saturated heterocycles. The number of halogens is 2. The first-order valence-electron chi connectivity index (χ1n) is 8.31. The van der Waals surface area contributed by atoms with Crippen molar-refractivity contribution in [3.63, 3.8) is 0 Å². The molecule has 1 fully saturated rings. The van der Waals surface area contributed by atoms with Crippen LogP contribution in [-0.2, 0) is 4.79 Å². The molecule has 0 spiro atoms. The van der Waals surface area contributed by atoms with Crippen LogP contribution in [-0.4, -0.2) is 34.0 Å². The molecular formula is C19H20F2N2O2. The van der Waals surface area contributed by atoms with Crippen LogP contribution >= 0.6 is 0 Å². The lowest BCUT2D eigenvalue weighted by Crippen LogP contribution is -2.39. The van der Waals surface area contributed by atoms with Gasteiger partial charge in [-0.15, -0.1) is 0 Å². The van der Waals surface area contributed by atoms with Crippen molar-refractivity contribution in [3.05, 3.63) is 65.0 Å². The van der Waals surface area contributed by atoms with Gasteiger partial charge in [0.1, 0.15) is 11.6 Å². The summed E-state index contributed by atoms with van der Waals surface area (Å²) in [5.74, 6) is -2.41. The van der Waals surface area contributed by atoms with Crippen molar-refractivity contribution in [1.82, 2.24) is 9.88 Å². The molecule has 1 unspecified atom stereocenters. The van der Waals surface area contributed by atoms with E-state index in [1.165, 1.54) is 12.1 Å². The number of carboxylic acids is 1. The van der Waals surface area contributed by atoms with Gasteiger partial charge >= 0.3 is 5.97 Å². The van der Waals surface area contributed by atoms with Gasteiger partial charge in [0.25, 0.3) is 0 Å². The Bertz CT molecular complexity index is 774. The predicted molar refractivity (Wildman–Crippen MR) is 89.1 cm³/mol. The lowest BCUT2D eigenvalue weighted by molar-refractivity contribution is -0.143. The third-order valence-electron chi connectivity index (χ3n) is 4.69. The Morgan fingerprint density at radius 2 is 1.96 bits per heavy atom. The Morgan fingerprint density at radius 3 is 2.56 bits per heavy atom. The second-order valence-corrected chi connectivity index (χ2v) is 6.42. The first-order valence-corrected chi connectivity index (χ1v) is 8.31. The van der Waals surface area contributed by atoms with Crippen LogP contribution in [0.1, 0.15) is 35.8 Å². The highest BCUT2D eigenvalue weighted by atomic mass is 19.1. The molecule has 2 aromatic rings. The Morgan fingerprint density at radius 1 is 1.24 bits per heavy atom. The summed E-state index contributed by atoms with van der Waals surface area (Å²) >= 11 is 0. The van der Waals surface area contributed by atoms with Crippen LogP contribution in [0.5, 0.6) is 0 Å². The van der Waals surface area contributed by atoms with E-state index in [0.29, 0.717) is 37.2 Å². The summed E-state index contributed by atoms with van der Waals surface area (Å²) in [5.41, 5.74) is 1.85. The second-order valence-electron chi connectivity index (χ2n) is 6.42. The number of likely N-dealkylation sites (tertiary alicyclic amines) is 1. The van der Waals surface area contributed by atoms with Gasteiger partial charge in [0.15, 0.2) is 0 Å². The predicted octanol–water partition coefficient (Wildman–Crippen LogP) is 3.55. The van der Waals surface area contributed by atoms with Crippen LogP contribution in [0.4, 0.5) is 8.78 Å². The largest absolute Gasteiger partial charge is 0.481 e. The Labute approximate surface area is 145 Å². The Kier molecular flexibility index (Phi) is 5.08. The van der Waals surface area contributed by atoms with E-state index in [4.69, 9.17) is 0 Å². The molecule has 0 aliphatic carbocycles. The minimum Gasteiger partial charge on any atom is -0.481 e. The minimum atomic E-state index is -0.794. The van der Waals surface area contributed by atoms with E-state index in [-0.39, 0.29) is 5.92 Å². The fourth-order valence-corrected chi connectivity index (χ4v) is 3.39. The molecule has 1 atom stereocenters. The normalized spacial score (nSPS) is 17.4. The van der Waals surface area contributed by atoms with Gasteiger partial charge in [-0.05, 0) is 51.1 Å². The van der Waals surface area contributed by atoms with Crippen molar-refractivity contribution in [2.45, 2.75) is 25.8 Å². The van der Waals surface area contributed by atoms with Gasteiger partial charge in [0.2, 0.25) is 0 Å². The topological polar surface area (TPSA) is 53.4 Å². The molecule has 1 aliphatic heterocycles. The number of nitrogens with zero attached hydrogens (tertiary/aromatic N) is 2. The van der Waals surface area contributed by atoms with Crippen LogP contribution in [0.3, 0.4) is 0 Å². The first-order chi connectivity index (χ1) is 12.0. The van der Waals surface area contributed by atoms with Gasteiger partial charge in [0, 0.05) is 17.3 Å². The summed E-state index contributed by atoms with van der Waals surface area (Å²) in [7, 11) is 0. The van der Waals surface area contributed by atoms with Crippen LogP contribution in [0, 0.1) is 24.5 Å². The molecule has 25 heavy (non-hydrogen) atoms. The molecular weight excluding hydrogens is 326 g/mol. The lowest BCUT2D eigenvalue weighted by Gasteiger charge is -2.36. The number of aromatic nitrogens is 1. The minimum absolute atomic E-state index is 0.355. The van der Waals surface area contributed by atoms with E-state index in [9.17, 15) is 18.7 Å². The molecule has 6 heteroatoms. The van der Waals surface area contributed by atoms with Crippen LogP contribution in [0.25, 0.3) is 0 Å². The molecule has 1 aromatic heterocycles. The van der Waals surface area contributed by atoms with Gasteiger partial charge in [0.05, 0.1) is 17.7 Å². The molecule has 1 aromatic carbocycles. The fraction of sp³-hybridized carbons (Fsp3) is 0.368. The molecule has 3 rings (SSSR count). The van der Waals surface area contributed by atoms with Gasteiger partial charge in [-0.2, -0.15) is 0 Å². The van der Waals surface area contributed by atoms with Crippen molar-refractivity contribution >= 4 is 5.97 Å². The SMILES string of the molecule is Cc1cccc(C(c2ccc(F)cc2F)N2CCC(C(=O)O)CC2)n1. The van der Waals surface area contributed by atoms with Crippen LogP contribution in [0.15, 0.2) is 36.4 Å². The quantitative estimate of drug-likeness (QED) is 0.920. The summed E-state index contributed by atoms with van der Waals surface area (Å²) in [6.07, 6.45) is 1.00. The number of hydrogen-bond donors (Lipinski definition) is 1. The molecule has 1 N–H and O–H groups in total. The van der Waals surface area contributed by atoms with Gasteiger partial charge in [-0.3, -0.25) is 14.7 Å². The highest BCUT2D eigenvalue weighted by molar-refractivity contribution is 5.70. The van der Waals surface area contributed by atoms with E-state index < -0.39 is 23.6 Å². The molecule has 0 amide bonds. The summed E-state index contributed by atoms with van der Waals surface area (Å²) in [6, 6.07) is 8.64. The molecule has 0 radical (unpaired) electrons. The van der Waals surface area contributed by atoms with Crippen molar-refractivity contribution in [1.29, 1.82) is 0 Å². The highest BCUT2D eigenvalue weighted by Gasteiger charge is 2.32. The molecule has 4 nitrogen and oxygen atoms in total. The van der Waals surface area contributed by atoms with E-state index in [1.807, 2.05) is 30.0 Å². The van der Waals surface area contributed by atoms with Crippen LogP contribution in [0.2, 0.25) is 0 Å². The maximum absolute atomic E-state index is 14.5. The van der Waals surface area contributed by atoms with E-state index in [1.54, 1.807) is 0 Å². The van der Waals surface area contributed by atoms with Crippen LogP contribution < -0.4 is 0 Å². The van der Waals surface area contributed by atoms with Gasteiger partial charge in [-0.25, -0.2) is 8.78 Å². The number of rotatable bonds is 4. The second kappa shape index (κ2) is 7.27. The van der Waals surface area contributed by atoms with E-state index in [2.05, 4.69) is 4.98 Å². The zero-order valence-corrected chi connectivity index (χ0v) is 14.0. The number of aryl methyl sites for hydroxylation is 1. The van der Waals surface area contributed by atoms with Gasteiger partial charge in [-0.1, -0.05) is 12.1 Å². The zero-order valence-electron chi connectivity index (χ0n) is 14.0. The standard InChI is InChI=1S/C19H20F2N2O2/c1-12-3-2-4-17(22-12)18(15-6-5-14(20)11-16(15)21)23-9-7-13(8-10-23)19(24)25/h2-6,11,13,18H,7-10H2,1H3,(H,24,25). The maximum Gasteiger partial charge on any atom is 0.306 e. The van der Waals surface area contributed by atoms with Crippen molar-refractivity contribution in [2.75, 3.05) is 13.1 Å². The number of pyridine rings is 1. The number of piperidine rings is 1. The third-order valence-corrected chi connectivity index (χ3v) is 4.69. The smallest absolute Gasteiger partial charge is 0.306 e. The highest BCUT2D eigenvalue weighted by Crippen LogP contribution is 2.33. The van der Waals surface area contributed by atoms with Gasteiger partial charge < -0.3 is 5.11 Å². The number of aliphatic carboxylic acids is 1. The number of hydrogen-bond acceptors (Lipinski definition) is 3. The average molecular weight is 346 g/mol. The summed E-state index contributed by atoms with van der Waals surface area (Å²) in [6.45, 7) is 2.90. The Hall–Kier alpha value is -2.34. The summed E-state index contributed by atoms with van der Waals surface area (Å²) in [4.78, 5) is 17.7. The fourth-order valence-electron chi connectivity index (χ4n) is 3.39. The van der Waals surface area contributed by atoms with Crippen molar-refractivity contribution < 1.29 is 18.7 Å². The third kappa shape index (κ3) is 3.85. The monoisotopic (exact) mass is 346 g/mol. The van der Waals surface area contributed by atoms with Crippen molar-refractivity contribution in [3.8, 4) is 0 Å².